The van der Waals surface area contributed by atoms with Crippen LogP contribution in [0, 0.1) is 13.8 Å². The molecule has 0 spiro atoms. The van der Waals surface area contributed by atoms with Crippen LogP contribution in [0.1, 0.15) is 32.2 Å². The van der Waals surface area contributed by atoms with E-state index in [1.807, 2.05) is 24.5 Å². The monoisotopic (exact) mass is 404 g/mol. The normalized spacial score (nSPS) is 10.9. The number of aryl methyl sites for hydroxylation is 2. The maximum atomic E-state index is 12.6. The first kappa shape index (κ1) is 19.3. The number of ketones is 1. The lowest BCUT2D eigenvalue weighted by atomic mass is 10.1. The molecule has 0 bridgehead atoms. The van der Waals surface area contributed by atoms with Gasteiger partial charge in [-0.05, 0) is 50.2 Å². The number of aromatic nitrogens is 2. The minimum absolute atomic E-state index is 0.267. The van der Waals surface area contributed by atoms with Crippen LogP contribution in [0.15, 0.2) is 42.6 Å². The molecule has 0 atom stereocenters. The Kier molecular flexibility index (Phi) is 5.44. The van der Waals surface area contributed by atoms with Gasteiger partial charge < -0.3 is 13.9 Å². The summed E-state index contributed by atoms with van der Waals surface area (Å²) in [6.07, 6.45) is 1.74. The molecule has 0 radical (unpaired) electrons. The average Bonchev–Trinajstić information content (AvgIpc) is 3.18. The molecular weight excluding hydrogens is 387 g/mol. The van der Waals surface area contributed by atoms with Crippen molar-refractivity contribution in [3.63, 3.8) is 0 Å². The Labute approximate surface area is 167 Å². The third kappa shape index (κ3) is 3.80. The molecule has 0 saturated heterocycles. The lowest BCUT2D eigenvalue weighted by molar-refractivity contribution is 0.0465. The SMILES string of the molecule is Cc1cc(C(=O)COC(=O)c2cccn2C)c(C)n1-c1ccc(Cl)c(Cl)c1. The fourth-order valence-electron chi connectivity index (χ4n) is 3.02. The molecule has 7 heteroatoms. The fraction of sp³-hybridized carbons (Fsp3) is 0.200. The maximum absolute atomic E-state index is 12.6. The van der Waals surface area contributed by atoms with Crippen molar-refractivity contribution in [2.45, 2.75) is 13.8 Å². The van der Waals surface area contributed by atoms with Gasteiger partial charge in [-0.3, -0.25) is 4.79 Å². The van der Waals surface area contributed by atoms with E-state index in [0.29, 0.717) is 21.3 Å². The van der Waals surface area contributed by atoms with Gasteiger partial charge in [0.05, 0.1) is 10.0 Å². The molecule has 0 N–H and O–H groups in total. The maximum Gasteiger partial charge on any atom is 0.355 e. The molecule has 0 aliphatic heterocycles. The van der Waals surface area contributed by atoms with Crippen molar-refractivity contribution in [1.82, 2.24) is 9.13 Å². The summed E-state index contributed by atoms with van der Waals surface area (Å²) in [5.74, 6) is -0.800. The molecule has 0 saturated carbocycles. The van der Waals surface area contributed by atoms with E-state index in [9.17, 15) is 9.59 Å². The number of rotatable bonds is 5. The molecule has 1 aromatic carbocycles. The lowest BCUT2D eigenvalue weighted by Gasteiger charge is -2.11. The van der Waals surface area contributed by atoms with Gasteiger partial charge in [-0.15, -0.1) is 0 Å². The van der Waals surface area contributed by atoms with Crippen LogP contribution < -0.4 is 0 Å². The number of benzene rings is 1. The molecule has 0 aliphatic rings. The van der Waals surface area contributed by atoms with E-state index in [1.165, 1.54) is 0 Å². The summed E-state index contributed by atoms with van der Waals surface area (Å²) in [7, 11) is 1.74. The quantitative estimate of drug-likeness (QED) is 0.454. The van der Waals surface area contributed by atoms with E-state index >= 15 is 0 Å². The van der Waals surface area contributed by atoms with E-state index in [1.54, 1.807) is 48.1 Å². The number of nitrogens with zero attached hydrogens (tertiary/aromatic N) is 2. The van der Waals surface area contributed by atoms with Crippen LogP contribution in [0.5, 0.6) is 0 Å². The molecule has 3 rings (SSSR count). The van der Waals surface area contributed by atoms with Crippen molar-refractivity contribution in [3.8, 4) is 5.69 Å². The Morgan fingerprint density at radius 3 is 2.44 bits per heavy atom. The highest BCUT2D eigenvalue weighted by Gasteiger charge is 2.19. The van der Waals surface area contributed by atoms with E-state index in [2.05, 4.69) is 0 Å². The van der Waals surface area contributed by atoms with Gasteiger partial charge >= 0.3 is 5.97 Å². The predicted octanol–water partition coefficient (Wildman–Crippen LogP) is 4.78. The van der Waals surface area contributed by atoms with Crippen molar-refractivity contribution >= 4 is 35.0 Å². The second-order valence-electron chi connectivity index (χ2n) is 6.22. The highest BCUT2D eigenvalue weighted by molar-refractivity contribution is 6.42. The largest absolute Gasteiger partial charge is 0.453 e. The second-order valence-corrected chi connectivity index (χ2v) is 7.04. The minimum Gasteiger partial charge on any atom is -0.453 e. The Bertz CT molecular complexity index is 1030. The summed E-state index contributed by atoms with van der Waals surface area (Å²) < 4.78 is 8.72. The Morgan fingerprint density at radius 1 is 1.07 bits per heavy atom. The lowest BCUT2D eigenvalue weighted by Crippen LogP contribution is -2.16. The van der Waals surface area contributed by atoms with Crippen LogP contribution in [0.2, 0.25) is 10.0 Å². The summed E-state index contributed by atoms with van der Waals surface area (Å²) in [5.41, 5.74) is 3.30. The molecule has 27 heavy (non-hydrogen) atoms. The summed E-state index contributed by atoms with van der Waals surface area (Å²) in [4.78, 5) is 24.7. The number of esters is 1. The van der Waals surface area contributed by atoms with Crippen LogP contribution in [0.4, 0.5) is 0 Å². The number of hydrogen-bond acceptors (Lipinski definition) is 3. The molecule has 0 unspecified atom stereocenters. The van der Waals surface area contributed by atoms with Gasteiger partial charge in [0, 0.05) is 35.9 Å². The van der Waals surface area contributed by atoms with Gasteiger partial charge in [-0.25, -0.2) is 4.79 Å². The first-order valence-electron chi connectivity index (χ1n) is 8.25. The second kappa shape index (κ2) is 7.62. The Morgan fingerprint density at radius 2 is 1.81 bits per heavy atom. The highest BCUT2D eigenvalue weighted by atomic mass is 35.5. The molecule has 2 heterocycles. The topological polar surface area (TPSA) is 53.2 Å². The molecule has 0 fully saturated rings. The predicted molar refractivity (Wildman–Crippen MR) is 105 cm³/mol. The van der Waals surface area contributed by atoms with Gasteiger partial charge in [-0.1, -0.05) is 23.2 Å². The van der Waals surface area contributed by atoms with Gasteiger partial charge in [0.15, 0.2) is 6.61 Å². The molecular formula is C20H18Cl2N2O3. The van der Waals surface area contributed by atoms with Gasteiger partial charge in [0.2, 0.25) is 5.78 Å². The Hall–Kier alpha value is -2.50. The van der Waals surface area contributed by atoms with Crippen LogP contribution in [0.25, 0.3) is 5.69 Å². The summed E-state index contributed by atoms with van der Waals surface area (Å²) >= 11 is 12.1. The van der Waals surface area contributed by atoms with Gasteiger partial charge in [0.25, 0.3) is 0 Å². The van der Waals surface area contributed by atoms with E-state index in [-0.39, 0.29) is 12.4 Å². The van der Waals surface area contributed by atoms with Crippen molar-refractivity contribution < 1.29 is 14.3 Å². The van der Waals surface area contributed by atoms with Gasteiger partial charge in [0.1, 0.15) is 5.69 Å². The number of Topliss-reactive ketones (excluding diaryl/α,β-unsaturated/α-hetero) is 1. The molecule has 0 amide bonds. The first-order chi connectivity index (χ1) is 12.8. The van der Waals surface area contributed by atoms with Crippen molar-refractivity contribution in [3.05, 3.63) is 75.3 Å². The summed E-state index contributed by atoms with van der Waals surface area (Å²) in [6, 6.07) is 10.4. The van der Waals surface area contributed by atoms with E-state index < -0.39 is 5.97 Å². The standard InChI is InChI=1S/C20H18Cl2N2O3/c1-12-9-15(13(2)24(12)14-6-7-16(21)17(22)10-14)19(25)11-27-20(26)18-5-4-8-23(18)3/h4-10H,11H2,1-3H3. The highest BCUT2D eigenvalue weighted by Crippen LogP contribution is 2.27. The zero-order chi connectivity index (χ0) is 19.7. The minimum atomic E-state index is -0.533. The number of hydrogen-bond donors (Lipinski definition) is 0. The molecule has 3 aromatic rings. The third-order valence-electron chi connectivity index (χ3n) is 4.38. The number of carbonyl (C=O) groups excluding carboxylic acids is 2. The van der Waals surface area contributed by atoms with E-state index in [4.69, 9.17) is 27.9 Å². The van der Waals surface area contributed by atoms with Gasteiger partial charge in [-0.2, -0.15) is 0 Å². The molecule has 140 valence electrons. The summed E-state index contributed by atoms with van der Waals surface area (Å²) in [6.45, 7) is 3.40. The number of carbonyl (C=O) groups is 2. The van der Waals surface area contributed by atoms with Crippen molar-refractivity contribution in [2.75, 3.05) is 6.61 Å². The van der Waals surface area contributed by atoms with Crippen LogP contribution in [-0.4, -0.2) is 27.5 Å². The van der Waals surface area contributed by atoms with Crippen LogP contribution in [0.3, 0.4) is 0 Å². The first-order valence-corrected chi connectivity index (χ1v) is 9.01. The van der Waals surface area contributed by atoms with Crippen molar-refractivity contribution in [2.24, 2.45) is 7.05 Å². The zero-order valence-electron chi connectivity index (χ0n) is 15.1. The molecule has 5 nitrogen and oxygen atoms in total. The smallest absolute Gasteiger partial charge is 0.355 e. The number of halogens is 2. The van der Waals surface area contributed by atoms with Crippen LogP contribution in [-0.2, 0) is 11.8 Å². The Balaban J connectivity index is 1.81. The fourth-order valence-corrected chi connectivity index (χ4v) is 3.31. The van der Waals surface area contributed by atoms with Crippen LogP contribution >= 0.6 is 23.2 Å². The van der Waals surface area contributed by atoms with E-state index in [0.717, 1.165) is 17.1 Å². The number of ether oxygens (including phenoxy) is 1. The van der Waals surface area contributed by atoms with Crippen molar-refractivity contribution in [1.29, 1.82) is 0 Å². The molecule has 2 aromatic heterocycles. The molecule has 0 aliphatic carbocycles. The third-order valence-corrected chi connectivity index (χ3v) is 5.12. The average molecular weight is 405 g/mol. The zero-order valence-corrected chi connectivity index (χ0v) is 16.6. The summed E-state index contributed by atoms with van der Waals surface area (Å²) in [5, 5.41) is 0.901.